The van der Waals surface area contributed by atoms with Gasteiger partial charge in [-0.3, -0.25) is 0 Å². The first-order valence-electron chi connectivity index (χ1n) is 5.51. The molecule has 0 saturated heterocycles. The second kappa shape index (κ2) is 5.11. The van der Waals surface area contributed by atoms with Crippen molar-refractivity contribution in [2.45, 2.75) is 0 Å². The Bertz CT molecular complexity index is 568. The van der Waals surface area contributed by atoms with E-state index < -0.39 is 10.4 Å². The van der Waals surface area contributed by atoms with Gasteiger partial charge in [0.1, 0.15) is 0 Å². The number of anilines is 2. The van der Waals surface area contributed by atoms with Gasteiger partial charge >= 0.3 is 10.4 Å². The van der Waals surface area contributed by atoms with Crippen molar-refractivity contribution in [3.05, 3.63) is 12.1 Å². The molecular formula is C10H14N2O6S. The van der Waals surface area contributed by atoms with Gasteiger partial charge in [0, 0.05) is 13.1 Å². The zero-order valence-corrected chi connectivity index (χ0v) is 10.8. The summed E-state index contributed by atoms with van der Waals surface area (Å²) in [5.74, 6) is -0.0970. The van der Waals surface area contributed by atoms with Crippen LogP contribution in [0.25, 0.3) is 0 Å². The van der Waals surface area contributed by atoms with Gasteiger partial charge in [0.05, 0.1) is 24.6 Å². The van der Waals surface area contributed by atoms with Crippen LogP contribution in [0.1, 0.15) is 0 Å². The molecule has 0 radical (unpaired) electrons. The summed E-state index contributed by atoms with van der Waals surface area (Å²) >= 11 is 0. The third-order valence-electron chi connectivity index (χ3n) is 2.57. The van der Waals surface area contributed by atoms with Gasteiger partial charge in [0.15, 0.2) is 0 Å². The van der Waals surface area contributed by atoms with Crippen LogP contribution in [-0.2, 0) is 10.4 Å². The molecule has 9 heteroatoms. The van der Waals surface area contributed by atoms with Gasteiger partial charge in [-0.1, -0.05) is 0 Å². The van der Waals surface area contributed by atoms with Crippen molar-refractivity contribution in [3.63, 3.8) is 0 Å². The van der Waals surface area contributed by atoms with E-state index >= 15 is 0 Å². The van der Waals surface area contributed by atoms with E-state index in [2.05, 4.69) is 4.18 Å². The monoisotopic (exact) mass is 290 g/mol. The Labute approximate surface area is 110 Å². The largest absolute Gasteiger partial charge is 0.501 e. The van der Waals surface area contributed by atoms with Crippen molar-refractivity contribution >= 4 is 21.8 Å². The Balaban J connectivity index is 2.46. The summed E-state index contributed by atoms with van der Waals surface area (Å²) in [7, 11) is -4.15. The van der Waals surface area contributed by atoms with Gasteiger partial charge in [-0.2, -0.15) is 0 Å². The third kappa shape index (κ3) is 2.67. The first-order valence-corrected chi connectivity index (χ1v) is 6.85. The fourth-order valence-corrected chi connectivity index (χ4v) is 2.57. The third-order valence-corrected chi connectivity index (χ3v) is 3.31. The Kier molecular flexibility index (Phi) is 3.69. The number of aliphatic hydroxyl groups excluding tert-OH is 2. The molecule has 4 N–H and O–H groups in total. The van der Waals surface area contributed by atoms with Crippen LogP contribution in [-0.4, -0.2) is 44.9 Å². The van der Waals surface area contributed by atoms with Crippen molar-refractivity contribution in [2.24, 2.45) is 0 Å². The standard InChI is InChI=1S/C10H14N2O6S/c11-7-1-2-8(12(3-5-13)4-6-14)10-9(7)17-19(15,16)18-10/h1-2,13-14H,3-6,11H2. The number of nitrogens with two attached hydrogens (primary N) is 1. The molecular weight excluding hydrogens is 276 g/mol. The molecule has 0 saturated carbocycles. The zero-order valence-electron chi connectivity index (χ0n) is 9.94. The molecule has 1 aromatic rings. The van der Waals surface area contributed by atoms with Crippen LogP contribution in [0.15, 0.2) is 12.1 Å². The number of fused-ring (bicyclic) bond motifs is 1. The topological polar surface area (TPSA) is 122 Å². The smallest absolute Gasteiger partial charge is 0.396 e. The maximum atomic E-state index is 11.3. The Morgan fingerprint density at radius 2 is 1.68 bits per heavy atom. The molecule has 19 heavy (non-hydrogen) atoms. The lowest BCUT2D eigenvalue weighted by molar-refractivity contribution is 0.281. The summed E-state index contributed by atoms with van der Waals surface area (Å²) in [5, 5.41) is 18.0. The number of nitrogen functional groups attached to an aromatic ring is 1. The molecule has 0 unspecified atom stereocenters. The number of nitrogens with zero attached hydrogens (tertiary/aromatic N) is 1. The molecule has 1 aliphatic rings. The molecule has 0 bridgehead atoms. The van der Waals surface area contributed by atoms with Crippen molar-refractivity contribution in [1.29, 1.82) is 0 Å². The molecule has 0 aromatic heterocycles. The van der Waals surface area contributed by atoms with Crippen LogP contribution in [0, 0.1) is 0 Å². The van der Waals surface area contributed by atoms with E-state index in [0.717, 1.165) is 0 Å². The predicted octanol–water partition coefficient (Wildman–Crippen LogP) is -0.924. The van der Waals surface area contributed by atoms with Crippen molar-refractivity contribution in [2.75, 3.05) is 36.9 Å². The minimum Gasteiger partial charge on any atom is -0.396 e. The summed E-state index contributed by atoms with van der Waals surface area (Å²) in [4.78, 5) is 1.57. The lowest BCUT2D eigenvalue weighted by Gasteiger charge is -2.23. The number of rotatable bonds is 5. The highest BCUT2D eigenvalue weighted by Gasteiger charge is 2.34. The highest BCUT2D eigenvalue weighted by molar-refractivity contribution is 7.82. The van der Waals surface area contributed by atoms with Gasteiger partial charge in [0.25, 0.3) is 0 Å². The van der Waals surface area contributed by atoms with E-state index in [1.54, 1.807) is 11.0 Å². The van der Waals surface area contributed by atoms with Crippen molar-refractivity contribution in [1.82, 2.24) is 0 Å². The maximum absolute atomic E-state index is 11.3. The second-order valence-corrected chi connectivity index (χ2v) is 4.99. The van der Waals surface area contributed by atoms with E-state index in [9.17, 15) is 8.42 Å². The summed E-state index contributed by atoms with van der Waals surface area (Å²) in [6.45, 7) is 0.0974. The van der Waals surface area contributed by atoms with E-state index in [1.807, 2.05) is 0 Å². The van der Waals surface area contributed by atoms with Crippen LogP contribution in [0.5, 0.6) is 11.5 Å². The minimum absolute atomic E-state index is 0.0260. The molecule has 0 fully saturated rings. The van der Waals surface area contributed by atoms with Gasteiger partial charge in [-0.05, 0) is 12.1 Å². The predicted molar refractivity (Wildman–Crippen MR) is 67.4 cm³/mol. The fraction of sp³-hybridized carbons (Fsp3) is 0.400. The Morgan fingerprint density at radius 3 is 2.26 bits per heavy atom. The number of hydrogen-bond donors (Lipinski definition) is 3. The number of aliphatic hydroxyl groups is 2. The molecule has 2 rings (SSSR count). The first kappa shape index (κ1) is 13.7. The van der Waals surface area contributed by atoms with Crippen LogP contribution in [0.3, 0.4) is 0 Å². The van der Waals surface area contributed by atoms with Crippen LogP contribution < -0.4 is 19.0 Å². The number of benzene rings is 1. The van der Waals surface area contributed by atoms with Crippen molar-refractivity contribution in [3.8, 4) is 11.5 Å². The molecule has 1 aliphatic heterocycles. The summed E-state index contributed by atoms with van der Waals surface area (Å²) in [6.07, 6.45) is 0. The first-order chi connectivity index (χ1) is 8.98. The normalized spacial score (nSPS) is 15.5. The van der Waals surface area contributed by atoms with Gasteiger partial charge in [-0.15, -0.1) is 8.42 Å². The Hall–Kier alpha value is -1.71. The lowest BCUT2D eigenvalue weighted by Crippen LogP contribution is -2.29. The fourth-order valence-electron chi connectivity index (χ4n) is 1.80. The summed E-state index contributed by atoms with van der Waals surface area (Å²) in [5.41, 5.74) is 6.14. The highest BCUT2D eigenvalue weighted by atomic mass is 32.3. The lowest BCUT2D eigenvalue weighted by atomic mass is 10.2. The quantitative estimate of drug-likeness (QED) is 0.595. The molecule has 8 nitrogen and oxygen atoms in total. The molecule has 0 amide bonds. The summed E-state index contributed by atoms with van der Waals surface area (Å²) < 4.78 is 32.0. The van der Waals surface area contributed by atoms with E-state index in [1.165, 1.54) is 6.07 Å². The SMILES string of the molecule is Nc1ccc(N(CCO)CCO)c2c1OS(=O)(=O)O2. The second-order valence-electron chi connectivity index (χ2n) is 3.84. The summed E-state index contributed by atoms with van der Waals surface area (Å²) in [6, 6.07) is 3.02. The zero-order chi connectivity index (χ0) is 14.0. The van der Waals surface area contributed by atoms with Gasteiger partial charge in [-0.25, -0.2) is 0 Å². The maximum Gasteiger partial charge on any atom is 0.501 e. The molecule has 0 spiro atoms. The van der Waals surface area contributed by atoms with Crippen LogP contribution in [0.2, 0.25) is 0 Å². The van der Waals surface area contributed by atoms with Gasteiger partial charge < -0.3 is 29.2 Å². The molecule has 1 aromatic carbocycles. The average Bonchev–Trinajstić information content (AvgIpc) is 2.66. The van der Waals surface area contributed by atoms with Crippen LogP contribution >= 0.6 is 0 Å². The minimum atomic E-state index is -4.15. The molecule has 1 heterocycles. The van der Waals surface area contributed by atoms with E-state index in [0.29, 0.717) is 5.69 Å². The average molecular weight is 290 g/mol. The van der Waals surface area contributed by atoms with Crippen LogP contribution in [0.4, 0.5) is 11.4 Å². The van der Waals surface area contributed by atoms with Gasteiger partial charge in [0.2, 0.25) is 11.5 Å². The number of hydrogen-bond acceptors (Lipinski definition) is 8. The van der Waals surface area contributed by atoms with E-state index in [-0.39, 0.29) is 43.5 Å². The molecule has 0 atom stereocenters. The highest BCUT2D eigenvalue weighted by Crippen LogP contribution is 2.47. The van der Waals surface area contributed by atoms with E-state index in [4.69, 9.17) is 20.1 Å². The molecule has 106 valence electrons. The molecule has 0 aliphatic carbocycles. The Morgan fingerprint density at radius 1 is 1.11 bits per heavy atom. The van der Waals surface area contributed by atoms with Crippen molar-refractivity contribution < 1.29 is 27.0 Å².